The molecule has 1 aliphatic rings. The van der Waals surface area contributed by atoms with Gasteiger partial charge in [-0.2, -0.15) is 0 Å². The molecule has 0 unspecified atom stereocenters. The van der Waals surface area contributed by atoms with Crippen LogP contribution in [0, 0.1) is 0 Å². The Balaban J connectivity index is 2.57. The van der Waals surface area contributed by atoms with E-state index in [0.717, 1.165) is 5.56 Å². The van der Waals surface area contributed by atoms with Crippen molar-refractivity contribution in [3.63, 3.8) is 0 Å². The molecule has 0 spiro atoms. The van der Waals surface area contributed by atoms with Gasteiger partial charge in [0.25, 0.3) is 0 Å². The van der Waals surface area contributed by atoms with E-state index >= 15 is 0 Å². The molecule has 0 aliphatic heterocycles. The van der Waals surface area contributed by atoms with Crippen LogP contribution in [0.25, 0.3) is 10.4 Å². The Bertz CT molecular complexity index is 457. The normalized spacial score (nSPS) is 15.7. The summed E-state index contributed by atoms with van der Waals surface area (Å²) in [6.45, 7) is 3.81. The summed E-state index contributed by atoms with van der Waals surface area (Å²) in [7, 11) is 0. The average Bonchev–Trinajstić information content (AvgIpc) is 2.99. The molecule has 1 saturated carbocycles. The molecule has 0 bridgehead atoms. The number of halogens is 1. The quantitative estimate of drug-likeness (QED) is 0.412. The van der Waals surface area contributed by atoms with Gasteiger partial charge in [0.1, 0.15) is 0 Å². The van der Waals surface area contributed by atoms with E-state index < -0.39 is 5.54 Å². The van der Waals surface area contributed by atoms with Crippen LogP contribution >= 0.6 is 11.6 Å². The molecule has 3 nitrogen and oxygen atoms in total. The molecule has 0 radical (unpaired) electrons. The van der Waals surface area contributed by atoms with Crippen LogP contribution in [0.3, 0.4) is 0 Å². The Morgan fingerprint density at radius 1 is 1.44 bits per heavy atom. The Labute approximate surface area is 100 Å². The minimum atomic E-state index is -0.578. The summed E-state index contributed by atoms with van der Waals surface area (Å²) in [5.41, 5.74) is 10.3. The lowest BCUT2D eigenvalue weighted by atomic mass is 9.89. The molecule has 0 heterocycles. The number of hydrogen-bond donors (Lipinski definition) is 0. The Kier molecular flexibility index (Phi) is 2.83. The predicted molar refractivity (Wildman–Crippen MR) is 65.6 cm³/mol. The largest absolute Gasteiger partial charge is 0.0840 e. The third-order valence-electron chi connectivity index (χ3n) is 2.97. The van der Waals surface area contributed by atoms with Crippen LogP contribution < -0.4 is 0 Å². The van der Waals surface area contributed by atoms with Crippen LogP contribution in [-0.2, 0) is 5.54 Å². The van der Waals surface area contributed by atoms with Crippen molar-refractivity contribution in [2.75, 3.05) is 0 Å². The second kappa shape index (κ2) is 4.00. The van der Waals surface area contributed by atoms with E-state index in [-0.39, 0.29) is 0 Å². The standard InChI is InChI=1S/C12H14ClN3/c1-12(2,15-16-14)11-9(8-6-7-8)4-3-5-10(11)13/h3-5,8H,6-7H2,1-2H3. The monoisotopic (exact) mass is 235 g/mol. The van der Waals surface area contributed by atoms with Gasteiger partial charge in [-0.05, 0) is 41.5 Å². The highest BCUT2D eigenvalue weighted by atomic mass is 35.5. The highest BCUT2D eigenvalue weighted by molar-refractivity contribution is 6.31. The van der Waals surface area contributed by atoms with E-state index in [1.54, 1.807) is 0 Å². The number of benzene rings is 1. The van der Waals surface area contributed by atoms with Crippen molar-refractivity contribution in [1.29, 1.82) is 0 Å². The van der Waals surface area contributed by atoms with Crippen molar-refractivity contribution in [1.82, 2.24) is 0 Å². The highest BCUT2D eigenvalue weighted by Gasteiger charge is 2.32. The Morgan fingerprint density at radius 3 is 2.69 bits per heavy atom. The maximum atomic E-state index is 8.61. The number of azide groups is 1. The van der Waals surface area contributed by atoms with Gasteiger partial charge in [-0.3, -0.25) is 0 Å². The van der Waals surface area contributed by atoms with Gasteiger partial charge in [0.2, 0.25) is 0 Å². The third-order valence-corrected chi connectivity index (χ3v) is 3.28. The van der Waals surface area contributed by atoms with Crippen LogP contribution in [0.2, 0.25) is 5.02 Å². The highest BCUT2D eigenvalue weighted by Crippen LogP contribution is 2.46. The first-order valence-electron chi connectivity index (χ1n) is 5.41. The lowest BCUT2D eigenvalue weighted by Gasteiger charge is -2.23. The summed E-state index contributed by atoms with van der Waals surface area (Å²) in [4.78, 5) is 2.91. The molecular weight excluding hydrogens is 222 g/mol. The van der Waals surface area contributed by atoms with Crippen molar-refractivity contribution in [2.45, 2.75) is 38.1 Å². The molecule has 0 N–H and O–H groups in total. The molecule has 0 aromatic heterocycles. The molecular formula is C12H14ClN3. The molecule has 1 fully saturated rings. The fourth-order valence-corrected chi connectivity index (χ4v) is 2.50. The van der Waals surface area contributed by atoms with Crippen LogP contribution in [0.4, 0.5) is 0 Å². The molecule has 1 aromatic rings. The van der Waals surface area contributed by atoms with Gasteiger partial charge >= 0.3 is 0 Å². The van der Waals surface area contributed by atoms with Crippen LogP contribution in [0.1, 0.15) is 43.7 Å². The molecule has 4 heteroatoms. The van der Waals surface area contributed by atoms with Gasteiger partial charge in [-0.25, -0.2) is 0 Å². The maximum Gasteiger partial charge on any atom is 0.0699 e. The molecule has 0 atom stereocenters. The van der Waals surface area contributed by atoms with Crippen molar-refractivity contribution >= 4 is 11.6 Å². The second-order valence-corrected chi connectivity index (χ2v) is 5.13. The van der Waals surface area contributed by atoms with Crippen molar-refractivity contribution in [3.8, 4) is 0 Å². The van der Waals surface area contributed by atoms with E-state index in [2.05, 4.69) is 16.1 Å². The number of nitrogens with zero attached hydrogens (tertiary/aromatic N) is 3. The fourth-order valence-electron chi connectivity index (χ4n) is 2.08. The zero-order valence-electron chi connectivity index (χ0n) is 9.44. The SMILES string of the molecule is CC(C)(N=[N+]=[N-])c1c(Cl)cccc1C1CC1. The van der Waals surface area contributed by atoms with Crippen LogP contribution in [0.5, 0.6) is 0 Å². The maximum absolute atomic E-state index is 8.61. The van der Waals surface area contributed by atoms with Gasteiger partial charge in [0.05, 0.1) is 5.54 Å². The topological polar surface area (TPSA) is 48.8 Å². The van der Waals surface area contributed by atoms with Crippen LogP contribution in [0.15, 0.2) is 23.3 Å². The molecule has 1 aliphatic carbocycles. The minimum absolute atomic E-state index is 0.578. The lowest BCUT2D eigenvalue weighted by Crippen LogP contribution is -2.16. The van der Waals surface area contributed by atoms with Gasteiger partial charge in [0.15, 0.2) is 0 Å². The zero-order chi connectivity index (χ0) is 11.8. The van der Waals surface area contributed by atoms with E-state index in [9.17, 15) is 0 Å². The first-order valence-corrected chi connectivity index (χ1v) is 5.79. The third kappa shape index (κ3) is 2.01. The van der Waals surface area contributed by atoms with Gasteiger partial charge in [0, 0.05) is 9.93 Å². The van der Waals surface area contributed by atoms with E-state index in [0.29, 0.717) is 10.9 Å². The van der Waals surface area contributed by atoms with Gasteiger partial charge < -0.3 is 0 Å². The summed E-state index contributed by atoms with van der Waals surface area (Å²) in [6, 6.07) is 5.91. The Hall–Kier alpha value is -1.18. The van der Waals surface area contributed by atoms with Gasteiger partial charge in [-0.1, -0.05) is 42.7 Å². The lowest BCUT2D eigenvalue weighted by molar-refractivity contribution is 0.544. The average molecular weight is 236 g/mol. The molecule has 16 heavy (non-hydrogen) atoms. The number of hydrogen-bond acceptors (Lipinski definition) is 1. The first kappa shape index (κ1) is 11.3. The molecule has 84 valence electrons. The summed E-state index contributed by atoms with van der Waals surface area (Å²) in [5.74, 6) is 0.599. The Morgan fingerprint density at radius 2 is 2.12 bits per heavy atom. The molecule has 2 rings (SSSR count). The second-order valence-electron chi connectivity index (χ2n) is 4.73. The molecule has 0 amide bonds. The van der Waals surface area contributed by atoms with Crippen molar-refractivity contribution < 1.29 is 0 Å². The zero-order valence-corrected chi connectivity index (χ0v) is 10.2. The summed E-state index contributed by atoms with van der Waals surface area (Å²) < 4.78 is 0. The summed E-state index contributed by atoms with van der Waals surface area (Å²) in [5, 5.41) is 4.55. The van der Waals surface area contributed by atoms with Gasteiger partial charge in [-0.15, -0.1) is 0 Å². The molecule has 0 saturated heterocycles. The van der Waals surface area contributed by atoms with Crippen LogP contribution in [-0.4, -0.2) is 0 Å². The number of rotatable bonds is 3. The minimum Gasteiger partial charge on any atom is -0.0840 e. The predicted octanol–water partition coefficient (Wildman–Crippen LogP) is 4.76. The van der Waals surface area contributed by atoms with E-state index in [1.807, 2.05) is 26.0 Å². The fraction of sp³-hybridized carbons (Fsp3) is 0.500. The summed E-state index contributed by atoms with van der Waals surface area (Å²) >= 11 is 6.24. The van der Waals surface area contributed by atoms with E-state index in [1.165, 1.54) is 18.4 Å². The van der Waals surface area contributed by atoms with Crippen molar-refractivity contribution in [2.24, 2.45) is 5.11 Å². The van der Waals surface area contributed by atoms with Crippen molar-refractivity contribution in [3.05, 3.63) is 44.8 Å². The molecule has 1 aromatic carbocycles. The smallest absolute Gasteiger partial charge is 0.0699 e. The first-order chi connectivity index (χ1) is 7.56. The summed E-state index contributed by atoms with van der Waals surface area (Å²) in [6.07, 6.45) is 2.42. The van der Waals surface area contributed by atoms with E-state index in [4.69, 9.17) is 17.1 Å².